The molecule has 3 unspecified atom stereocenters. The Kier molecular flexibility index (Phi) is 7.45. The Morgan fingerprint density at radius 3 is 2.39 bits per heavy atom. The molecule has 6 nitrogen and oxygen atoms in total. The smallest absolute Gasteiger partial charge is 0.268 e. The number of carbonyl (C=O) groups is 1. The summed E-state index contributed by atoms with van der Waals surface area (Å²) in [6.07, 6.45) is 6.89. The molecule has 1 fully saturated rings. The highest BCUT2D eigenvalue weighted by atomic mass is 35.5. The van der Waals surface area contributed by atoms with E-state index in [9.17, 15) is 14.9 Å². The van der Waals surface area contributed by atoms with Crippen molar-refractivity contribution in [1.29, 1.82) is 0 Å². The van der Waals surface area contributed by atoms with Gasteiger partial charge in [-0.2, -0.15) is 5.10 Å². The van der Waals surface area contributed by atoms with Gasteiger partial charge in [0.2, 0.25) is 0 Å². The number of allylic oxidation sites excluding steroid dienone is 1. The van der Waals surface area contributed by atoms with Crippen molar-refractivity contribution in [2.45, 2.75) is 25.8 Å². The fourth-order valence-corrected chi connectivity index (χ4v) is 5.46. The maximum Gasteiger partial charge on any atom is 0.270 e. The van der Waals surface area contributed by atoms with Gasteiger partial charge in [0.15, 0.2) is 0 Å². The molecule has 1 saturated carbocycles. The summed E-state index contributed by atoms with van der Waals surface area (Å²) in [7, 11) is 0. The minimum absolute atomic E-state index is 0.0219. The normalized spacial score (nSPS) is 22.0. The largest absolute Gasteiger partial charge is 0.270 e. The second-order valence-corrected chi connectivity index (χ2v) is 10.6. The highest BCUT2D eigenvalue weighted by Gasteiger charge is 2.44. The monoisotopic (exact) mass is 545 g/mol. The van der Waals surface area contributed by atoms with E-state index in [0.29, 0.717) is 21.5 Å². The van der Waals surface area contributed by atoms with Crippen molar-refractivity contribution >= 4 is 52.7 Å². The minimum atomic E-state index is -0.456. The van der Waals surface area contributed by atoms with Gasteiger partial charge in [0, 0.05) is 34.2 Å². The number of hydrogen-bond donors (Lipinski definition) is 0. The summed E-state index contributed by atoms with van der Waals surface area (Å²) in [6.45, 7) is 2.22. The van der Waals surface area contributed by atoms with Gasteiger partial charge in [-0.05, 0) is 77.4 Å². The molecule has 1 amide bonds. The van der Waals surface area contributed by atoms with E-state index in [1.54, 1.807) is 23.2 Å². The van der Waals surface area contributed by atoms with E-state index < -0.39 is 4.92 Å². The third-order valence-corrected chi connectivity index (χ3v) is 7.42. The molecule has 1 aliphatic carbocycles. The van der Waals surface area contributed by atoms with Crippen LogP contribution in [0.3, 0.4) is 0 Å². The lowest BCUT2D eigenvalue weighted by atomic mass is 9.73. The Labute approximate surface area is 231 Å². The highest BCUT2D eigenvalue weighted by molar-refractivity contribution is 6.30. The van der Waals surface area contributed by atoms with E-state index in [1.807, 2.05) is 48.5 Å². The number of benzene rings is 3. The molecule has 0 bridgehead atoms. The first-order valence-electron chi connectivity index (χ1n) is 12.3. The van der Waals surface area contributed by atoms with Gasteiger partial charge in [-0.15, -0.1) is 0 Å². The molecule has 38 heavy (non-hydrogen) atoms. The van der Waals surface area contributed by atoms with E-state index in [4.69, 9.17) is 28.3 Å². The van der Waals surface area contributed by atoms with Crippen LogP contribution in [0.2, 0.25) is 10.0 Å². The number of carbonyl (C=O) groups excluding carboxylic acids is 1. The number of nitro benzene ring substituents is 1. The number of amides is 1. The zero-order valence-corrected chi connectivity index (χ0v) is 22.1. The molecule has 8 heteroatoms. The number of hydrazone groups is 1. The Morgan fingerprint density at radius 2 is 1.71 bits per heavy atom. The van der Waals surface area contributed by atoms with Crippen molar-refractivity contribution in [2.75, 3.05) is 0 Å². The molecule has 0 N–H and O–H groups in total. The van der Waals surface area contributed by atoms with Crippen molar-refractivity contribution in [2.24, 2.45) is 16.9 Å². The predicted molar refractivity (Wildman–Crippen MR) is 152 cm³/mol. The fourth-order valence-electron chi connectivity index (χ4n) is 5.21. The van der Waals surface area contributed by atoms with Crippen LogP contribution in [-0.4, -0.2) is 21.6 Å². The molecule has 0 radical (unpaired) electrons. The molecule has 0 saturated heterocycles. The standard InChI is InChI=1S/C30H25Cl2N3O3/c1-19-15-23(17-21-5-10-24(31)11-6-21)29-27(16-19)30(22-8-12-25(32)13-9-22)34(33-29)28(36)14-7-20-3-2-4-26(18-20)35(37)38/h2-14,17-19,27,30H,15-16H2,1H3/b14-7+,23-17+. The van der Waals surface area contributed by atoms with E-state index in [0.717, 1.165) is 35.3 Å². The predicted octanol–water partition coefficient (Wildman–Crippen LogP) is 7.98. The van der Waals surface area contributed by atoms with E-state index in [2.05, 4.69) is 13.0 Å². The van der Waals surface area contributed by atoms with Crippen LogP contribution in [0.25, 0.3) is 12.2 Å². The summed E-state index contributed by atoms with van der Waals surface area (Å²) in [4.78, 5) is 24.2. The van der Waals surface area contributed by atoms with Crippen molar-refractivity contribution in [3.63, 3.8) is 0 Å². The third-order valence-electron chi connectivity index (χ3n) is 6.91. The minimum Gasteiger partial charge on any atom is -0.268 e. The maximum atomic E-state index is 13.6. The van der Waals surface area contributed by atoms with Gasteiger partial charge < -0.3 is 0 Å². The SMILES string of the molecule is CC1C/C(=C\c2ccc(Cl)cc2)C2=NN(C(=O)/C=C/c3cccc([N+](=O)[O-])c3)C(c3ccc(Cl)cc3)C2C1. The van der Waals surface area contributed by atoms with Gasteiger partial charge in [-0.25, -0.2) is 5.01 Å². The van der Waals surface area contributed by atoms with E-state index in [-0.39, 0.29) is 23.6 Å². The molecule has 5 rings (SSSR count). The van der Waals surface area contributed by atoms with Gasteiger partial charge in [-0.1, -0.05) is 66.5 Å². The summed E-state index contributed by atoms with van der Waals surface area (Å²) in [6, 6.07) is 21.1. The number of rotatable bonds is 5. The average molecular weight is 546 g/mol. The van der Waals surface area contributed by atoms with Crippen molar-refractivity contribution in [1.82, 2.24) is 5.01 Å². The molecule has 3 aromatic rings. The van der Waals surface area contributed by atoms with Crippen molar-refractivity contribution in [3.05, 3.63) is 121 Å². The topological polar surface area (TPSA) is 75.8 Å². The van der Waals surface area contributed by atoms with Crippen LogP contribution in [-0.2, 0) is 4.79 Å². The number of nitro groups is 1. The third kappa shape index (κ3) is 5.57. The van der Waals surface area contributed by atoms with Crippen LogP contribution < -0.4 is 0 Å². The first kappa shape index (κ1) is 25.9. The second kappa shape index (κ2) is 10.9. The van der Waals surface area contributed by atoms with Crippen LogP contribution in [0.5, 0.6) is 0 Å². The summed E-state index contributed by atoms with van der Waals surface area (Å²) >= 11 is 12.2. The number of fused-ring (bicyclic) bond motifs is 1. The molecule has 3 atom stereocenters. The van der Waals surface area contributed by atoms with E-state index >= 15 is 0 Å². The molecule has 1 aliphatic heterocycles. The Hall–Kier alpha value is -3.74. The van der Waals surface area contributed by atoms with Gasteiger partial charge in [0.05, 0.1) is 16.7 Å². The van der Waals surface area contributed by atoms with E-state index in [1.165, 1.54) is 18.2 Å². The van der Waals surface area contributed by atoms with Crippen LogP contribution in [0, 0.1) is 22.0 Å². The van der Waals surface area contributed by atoms with Crippen LogP contribution in [0.1, 0.15) is 42.5 Å². The number of hydrogen-bond acceptors (Lipinski definition) is 4. The van der Waals surface area contributed by atoms with Crippen molar-refractivity contribution in [3.8, 4) is 0 Å². The summed E-state index contributed by atoms with van der Waals surface area (Å²) in [5, 5.41) is 18.9. The van der Waals surface area contributed by atoms with Gasteiger partial charge in [-0.3, -0.25) is 14.9 Å². The molecular weight excluding hydrogens is 521 g/mol. The van der Waals surface area contributed by atoms with Gasteiger partial charge in [0.25, 0.3) is 11.6 Å². The number of non-ortho nitro benzene ring substituents is 1. The Bertz CT molecular complexity index is 1460. The summed E-state index contributed by atoms with van der Waals surface area (Å²) < 4.78 is 0. The fraction of sp³-hybridized carbons (Fsp3) is 0.200. The summed E-state index contributed by atoms with van der Waals surface area (Å²) in [5.41, 5.74) is 4.53. The second-order valence-electron chi connectivity index (χ2n) is 9.72. The summed E-state index contributed by atoms with van der Waals surface area (Å²) in [5.74, 6) is 0.133. The lowest BCUT2D eigenvalue weighted by molar-refractivity contribution is -0.384. The van der Waals surface area contributed by atoms with Gasteiger partial charge in [0.1, 0.15) is 0 Å². The Balaban J connectivity index is 1.52. The van der Waals surface area contributed by atoms with Crippen molar-refractivity contribution < 1.29 is 9.72 Å². The van der Waals surface area contributed by atoms with Crippen LogP contribution in [0.15, 0.2) is 89.5 Å². The molecule has 1 heterocycles. The molecule has 0 aromatic heterocycles. The Morgan fingerprint density at radius 1 is 1.03 bits per heavy atom. The maximum absolute atomic E-state index is 13.6. The van der Waals surface area contributed by atoms with Crippen LogP contribution in [0.4, 0.5) is 5.69 Å². The molecule has 3 aromatic carbocycles. The average Bonchev–Trinajstić information content (AvgIpc) is 3.29. The lowest BCUT2D eigenvalue weighted by Gasteiger charge is -2.32. The highest BCUT2D eigenvalue weighted by Crippen LogP contribution is 2.46. The molecule has 2 aliphatic rings. The zero-order valence-electron chi connectivity index (χ0n) is 20.6. The first-order valence-corrected chi connectivity index (χ1v) is 13.1. The number of halogens is 2. The first-order chi connectivity index (χ1) is 18.3. The molecule has 192 valence electrons. The van der Waals surface area contributed by atoms with Crippen LogP contribution >= 0.6 is 23.2 Å². The lowest BCUT2D eigenvalue weighted by Crippen LogP contribution is -2.32. The zero-order chi connectivity index (χ0) is 26.8. The van der Waals surface area contributed by atoms with Gasteiger partial charge >= 0.3 is 0 Å². The number of nitrogens with zero attached hydrogens (tertiary/aromatic N) is 3. The molecule has 0 spiro atoms. The quantitative estimate of drug-likeness (QED) is 0.185. The molecular formula is C30H25Cl2N3O3.